The van der Waals surface area contributed by atoms with Gasteiger partial charge >= 0.3 is 0 Å². The first kappa shape index (κ1) is 13.9. The topological polar surface area (TPSA) is 70.5 Å². The fraction of sp³-hybridized carbons (Fsp3) is 0.643. The standard InChI is InChI=1S/C14H21N5O2/c1-17(10-12(20)18-6-2-3-7-18)13(21)11-9-19-8-4-5-15-14(19)16-11/h9H,2-8,10H2,1H3,(H,15,16). The maximum atomic E-state index is 12.4. The Bertz CT molecular complexity index is 524. The van der Waals surface area contributed by atoms with E-state index in [4.69, 9.17) is 0 Å². The molecule has 2 amide bonds. The van der Waals surface area contributed by atoms with Crippen molar-refractivity contribution in [2.45, 2.75) is 25.8 Å². The van der Waals surface area contributed by atoms with Gasteiger partial charge in [0.2, 0.25) is 11.9 Å². The van der Waals surface area contributed by atoms with Gasteiger partial charge in [-0.05, 0) is 19.3 Å². The minimum Gasteiger partial charge on any atom is -0.356 e. The number of carbonyl (C=O) groups is 2. The number of rotatable bonds is 3. The minimum atomic E-state index is -0.203. The smallest absolute Gasteiger partial charge is 0.274 e. The summed E-state index contributed by atoms with van der Waals surface area (Å²) in [5, 5.41) is 3.17. The highest BCUT2D eigenvalue weighted by atomic mass is 16.2. The molecule has 0 aromatic carbocycles. The molecule has 0 unspecified atom stereocenters. The number of nitrogens with one attached hydrogen (secondary N) is 1. The lowest BCUT2D eigenvalue weighted by molar-refractivity contribution is -0.130. The second kappa shape index (κ2) is 5.75. The van der Waals surface area contributed by atoms with E-state index in [1.54, 1.807) is 13.2 Å². The molecular weight excluding hydrogens is 270 g/mol. The average Bonchev–Trinajstić information content (AvgIpc) is 3.15. The van der Waals surface area contributed by atoms with E-state index in [1.807, 2.05) is 9.47 Å². The van der Waals surface area contributed by atoms with Crippen LogP contribution in [0.1, 0.15) is 29.8 Å². The van der Waals surface area contributed by atoms with Crippen molar-refractivity contribution < 1.29 is 9.59 Å². The van der Waals surface area contributed by atoms with Crippen LogP contribution in [-0.2, 0) is 11.3 Å². The average molecular weight is 291 g/mol. The van der Waals surface area contributed by atoms with E-state index in [-0.39, 0.29) is 18.4 Å². The number of aromatic nitrogens is 2. The maximum absolute atomic E-state index is 12.4. The van der Waals surface area contributed by atoms with Crippen LogP contribution >= 0.6 is 0 Å². The van der Waals surface area contributed by atoms with Crippen LogP contribution in [0.2, 0.25) is 0 Å². The van der Waals surface area contributed by atoms with Crippen molar-refractivity contribution in [2.24, 2.45) is 0 Å². The number of imidazole rings is 1. The summed E-state index contributed by atoms with van der Waals surface area (Å²) in [6.45, 7) is 3.49. The van der Waals surface area contributed by atoms with Gasteiger partial charge in [0.1, 0.15) is 5.69 Å². The van der Waals surface area contributed by atoms with Gasteiger partial charge in [0, 0.05) is 39.4 Å². The van der Waals surface area contributed by atoms with Gasteiger partial charge in [-0.15, -0.1) is 0 Å². The molecule has 3 rings (SSSR count). The van der Waals surface area contributed by atoms with E-state index >= 15 is 0 Å². The molecule has 2 aliphatic heterocycles. The third-order valence-corrected chi connectivity index (χ3v) is 4.03. The highest BCUT2D eigenvalue weighted by Gasteiger charge is 2.24. The second-order valence-electron chi connectivity index (χ2n) is 5.67. The SMILES string of the molecule is CN(CC(=O)N1CCCC1)C(=O)c1cn2c(n1)NCCC2. The Morgan fingerprint density at radius 3 is 2.76 bits per heavy atom. The minimum absolute atomic E-state index is 0.0189. The summed E-state index contributed by atoms with van der Waals surface area (Å²) in [6.07, 6.45) is 4.91. The molecule has 0 aliphatic carbocycles. The highest BCUT2D eigenvalue weighted by Crippen LogP contribution is 2.15. The predicted molar refractivity (Wildman–Crippen MR) is 78.1 cm³/mol. The number of amides is 2. The predicted octanol–water partition coefficient (Wildman–Crippen LogP) is 0.393. The van der Waals surface area contributed by atoms with Crippen LogP contribution in [0.4, 0.5) is 5.95 Å². The quantitative estimate of drug-likeness (QED) is 0.875. The maximum Gasteiger partial charge on any atom is 0.274 e. The van der Waals surface area contributed by atoms with Crippen molar-refractivity contribution in [2.75, 3.05) is 38.5 Å². The zero-order valence-electron chi connectivity index (χ0n) is 12.3. The number of anilines is 1. The Morgan fingerprint density at radius 1 is 1.29 bits per heavy atom. The summed E-state index contributed by atoms with van der Waals surface area (Å²) < 4.78 is 1.95. The lowest BCUT2D eigenvalue weighted by Gasteiger charge is -2.20. The molecule has 0 bridgehead atoms. The van der Waals surface area contributed by atoms with Crippen molar-refractivity contribution in [1.82, 2.24) is 19.4 Å². The van der Waals surface area contributed by atoms with Crippen molar-refractivity contribution in [3.8, 4) is 0 Å². The molecule has 1 fully saturated rings. The zero-order valence-corrected chi connectivity index (χ0v) is 12.3. The van der Waals surface area contributed by atoms with E-state index in [1.165, 1.54) is 4.90 Å². The number of hydrogen-bond donors (Lipinski definition) is 1. The Morgan fingerprint density at radius 2 is 2.05 bits per heavy atom. The molecule has 114 valence electrons. The lowest BCUT2D eigenvalue weighted by atomic mass is 10.3. The molecule has 1 aromatic heterocycles. The monoisotopic (exact) mass is 291 g/mol. The van der Waals surface area contributed by atoms with Crippen LogP contribution in [0.15, 0.2) is 6.20 Å². The molecule has 21 heavy (non-hydrogen) atoms. The molecule has 0 spiro atoms. The summed E-state index contributed by atoms with van der Waals surface area (Å²) in [4.78, 5) is 32.0. The third-order valence-electron chi connectivity index (χ3n) is 4.03. The van der Waals surface area contributed by atoms with Gasteiger partial charge in [-0.1, -0.05) is 0 Å². The highest BCUT2D eigenvalue weighted by molar-refractivity contribution is 5.95. The van der Waals surface area contributed by atoms with Crippen molar-refractivity contribution in [1.29, 1.82) is 0 Å². The van der Waals surface area contributed by atoms with Crippen molar-refractivity contribution >= 4 is 17.8 Å². The molecule has 7 heteroatoms. The van der Waals surface area contributed by atoms with Gasteiger partial charge < -0.3 is 19.7 Å². The van der Waals surface area contributed by atoms with E-state index in [2.05, 4.69) is 10.3 Å². The molecule has 0 saturated carbocycles. The molecular formula is C14H21N5O2. The first-order chi connectivity index (χ1) is 10.1. The molecule has 1 aromatic rings. The van der Waals surface area contributed by atoms with Crippen LogP contribution in [0.5, 0.6) is 0 Å². The lowest BCUT2D eigenvalue weighted by Crippen LogP contribution is -2.39. The fourth-order valence-corrected chi connectivity index (χ4v) is 2.82. The Hall–Kier alpha value is -2.05. The molecule has 3 heterocycles. The van der Waals surface area contributed by atoms with Crippen molar-refractivity contribution in [3.63, 3.8) is 0 Å². The number of hydrogen-bond acceptors (Lipinski definition) is 4. The number of carbonyl (C=O) groups excluding carboxylic acids is 2. The normalized spacial score (nSPS) is 17.3. The van der Waals surface area contributed by atoms with E-state index < -0.39 is 0 Å². The van der Waals surface area contributed by atoms with Crippen LogP contribution in [0.3, 0.4) is 0 Å². The molecule has 0 atom stereocenters. The number of aryl methyl sites for hydroxylation is 1. The van der Waals surface area contributed by atoms with Crippen molar-refractivity contribution in [3.05, 3.63) is 11.9 Å². The first-order valence-electron chi connectivity index (χ1n) is 7.49. The summed E-state index contributed by atoms with van der Waals surface area (Å²) in [5.41, 5.74) is 0.399. The molecule has 1 N–H and O–H groups in total. The number of fused-ring (bicyclic) bond motifs is 1. The van der Waals surface area contributed by atoms with Gasteiger partial charge in [0.25, 0.3) is 5.91 Å². The van der Waals surface area contributed by atoms with Gasteiger partial charge in [-0.2, -0.15) is 0 Å². The van der Waals surface area contributed by atoms with Gasteiger partial charge in [-0.25, -0.2) is 4.98 Å². The number of likely N-dealkylation sites (tertiary alicyclic amines) is 1. The first-order valence-corrected chi connectivity index (χ1v) is 7.49. The third kappa shape index (κ3) is 2.86. The van der Waals surface area contributed by atoms with E-state index in [0.29, 0.717) is 5.69 Å². The Kier molecular flexibility index (Phi) is 3.81. The number of nitrogens with zero attached hydrogens (tertiary/aromatic N) is 4. The van der Waals surface area contributed by atoms with Crippen LogP contribution in [-0.4, -0.2) is 64.4 Å². The van der Waals surface area contributed by atoms with E-state index in [9.17, 15) is 9.59 Å². The molecule has 2 aliphatic rings. The van der Waals surface area contributed by atoms with Gasteiger partial charge in [0.05, 0.1) is 6.54 Å². The summed E-state index contributed by atoms with van der Waals surface area (Å²) in [5.74, 6) is 0.556. The second-order valence-corrected chi connectivity index (χ2v) is 5.67. The Balaban J connectivity index is 1.63. The summed E-state index contributed by atoms with van der Waals surface area (Å²) >= 11 is 0. The number of likely N-dealkylation sites (N-methyl/N-ethyl adjacent to an activating group) is 1. The van der Waals surface area contributed by atoms with Gasteiger partial charge in [-0.3, -0.25) is 9.59 Å². The summed E-state index contributed by atoms with van der Waals surface area (Å²) in [7, 11) is 1.65. The van der Waals surface area contributed by atoms with Gasteiger partial charge in [0.15, 0.2) is 0 Å². The fourth-order valence-electron chi connectivity index (χ4n) is 2.82. The van der Waals surface area contributed by atoms with Crippen LogP contribution in [0.25, 0.3) is 0 Å². The zero-order chi connectivity index (χ0) is 14.8. The molecule has 7 nitrogen and oxygen atoms in total. The molecule has 0 radical (unpaired) electrons. The molecule has 1 saturated heterocycles. The van der Waals surface area contributed by atoms with Crippen LogP contribution < -0.4 is 5.32 Å². The van der Waals surface area contributed by atoms with Crippen LogP contribution in [0, 0.1) is 0 Å². The van der Waals surface area contributed by atoms with E-state index in [0.717, 1.165) is 51.4 Å². The summed E-state index contributed by atoms with van der Waals surface area (Å²) in [6, 6.07) is 0. The largest absolute Gasteiger partial charge is 0.356 e. The Labute approximate surface area is 123 Å².